The van der Waals surface area contributed by atoms with Gasteiger partial charge in [-0.25, -0.2) is 0 Å². The average molecular weight is 274 g/mol. The molecule has 2 aliphatic heterocycles. The van der Waals surface area contributed by atoms with Crippen molar-refractivity contribution in [2.75, 3.05) is 13.2 Å². The molecule has 0 radical (unpaired) electrons. The van der Waals surface area contributed by atoms with E-state index in [1.807, 2.05) is 18.2 Å². The van der Waals surface area contributed by atoms with Crippen molar-refractivity contribution in [3.8, 4) is 5.75 Å². The highest BCUT2D eigenvalue weighted by Gasteiger charge is 2.46. The third kappa shape index (κ3) is 2.14. The van der Waals surface area contributed by atoms with Gasteiger partial charge in [-0.1, -0.05) is 18.2 Å². The lowest BCUT2D eigenvalue weighted by molar-refractivity contribution is -0.0264. The van der Waals surface area contributed by atoms with Crippen LogP contribution in [0.3, 0.4) is 0 Å². The smallest absolute Gasteiger partial charge is 0.116 e. The molecule has 4 heteroatoms. The molecule has 0 bridgehead atoms. The fourth-order valence-electron chi connectivity index (χ4n) is 3.22. The fraction of sp³-hybridized carbons (Fsp3) is 0.500. The van der Waals surface area contributed by atoms with Crippen molar-refractivity contribution in [1.82, 2.24) is 0 Å². The van der Waals surface area contributed by atoms with Crippen molar-refractivity contribution < 1.29 is 19.7 Å². The number of rotatable bonds is 4. The Hall–Kier alpha value is -1.36. The van der Waals surface area contributed by atoms with Crippen LogP contribution in [0.2, 0.25) is 0 Å². The van der Waals surface area contributed by atoms with Crippen molar-refractivity contribution in [1.29, 1.82) is 0 Å². The van der Waals surface area contributed by atoms with E-state index in [9.17, 15) is 10.2 Å². The van der Waals surface area contributed by atoms with E-state index < -0.39 is 5.60 Å². The molecule has 4 rings (SSSR count). The van der Waals surface area contributed by atoms with Gasteiger partial charge in [0.15, 0.2) is 0 Å². The zero-order chi connectivity index (χ0) is 13.7. The van der Waals surface area contributed by atoms with Crippen LogP contribution in [0.5, 0.6) is 5.75 Å². The number of hydrogen-bond donors (Lipinski definition) is 2. The number of aromatic hydroxyl groups is 1. The summed E-state index contributed by atoms with van der Waals surface area (Å²) in [7, 11) is 0. The molecule has 3 aliphatic rings. The number of phenolic OH excluding ortho intramolecular Hbond substituents is 1. The molecule has 2 heterocycles. The fourth-order valence-corrected chi connectivity index (χ4v) is 3.22. The zero-order valence-corrected chi connectivity index (χ0v) is 11.2. The predicted octanol–water partition coefficient (Wildman–Crippen LogP) is 1.80. The van der Waals surface area contributed by atoms with Gasteiger partial charge in [-0.05, 0) is 29.7 Å². The van der Waals surface area contributed by atoms with Gasteiger partial charge in [0, 0.05) is 12.3 Å². The maximum atomic E-state index is 11.3. The molecule has 0 amide bonds. The second-order valence-corrected chi connectivity index (χ2v) is 6.01. The Labute approximate surface area is 117 Å². The number of ether oxygens (including phenoxy) is 2. The van der Waals surface area contributed by atoms with Crippen LogP contribution in [0, 0.1) is 5.92 Å². The third-order valence-corrected chi connectivity index (χ3v) is 4.48. The molecule has 1 aliphatic carbocycles. The summed E-state index contributed by atoms with van der Waals surface area (Å²) < 4.78 is 10.6. The van der Waals surface area contributed by atoms with E-state index in [4.69, 9.17) is 9.47 Å². The van der Waals surface area contributed by atoms with E-state index in [1.54, 1.807) is 12.1 Å². The van der Waals surface area contributed by atoms with Gasteiger partial charge in [-0.15, -0.1) is 0 Å². The van der Waals surface area contributed by atoms with E-state index in [1.165, 1.54) is 0 Å². The van der Waals surface area contributed by atoms with Gasteiger partial charge in [0.1, 0.15) is 5.75 Å². The largest absolute Gasteiger partial charge is 0.508 e. The zero-order valence-electron chi connectivity index (χ0n) is 11.2. The first kappa shape index (κ1) is 12.4. The van der Waals surface area contributed by atoms with Crippen LogP contribution in [-0.2, 0) is 15.1 Å². The average Bonchev–Trinajstić information content (AvgIpc) is 3.28. The van der Waals surface area contributed by atoms with E-state index >= 15 is 0 Å². The molecule has 2 N–H and O–H groups in total. The van der Waals surface area contributed by atoms with Crippen molar-refractivity contribution >= 4 is 6.08 Å². The molecular weight excluding hydrogens is 256 g/mol. The Bertz CT molecular complexity index is 560. The van der Waals surface area contributed by atoms with Gasteiger partial charge in [0.2, 0.25) is 0 Å². The second kappa shape index (κ2) is 4.32. The number of phenols is 1. The molecule has 4 atom stereocenters. The quantitative estimate of drug-likeness (QED) is 0.822. The first-order valence-electron chi connectivity index (χ1n) is 7.12. The highest BCUT2D eigenvalue weighted by molar-refractivity contribution is 5.61. The van der Waals surface area contributed by atoms with Crippen LogP contribution in [0.1, 0.15) is 24.0 Å². The number of aliphatic hydroxyl groups is 1. The van der Waals surface area contributed by atoms with Gasteiger partial charge in [0.25, 0.3) is 0 Å². The first-order valence-corrected chi connectivity index (χ1v) is 7.12. The highest BCUT2D eigenvalue weighted by atomic mass is 16.6. The van der Waals surface area contributed by atoms with E-state index in [2.05, 4.69) is 0 Å². The molecule has 4 unspecified atom stereocenters. The minimum Gasteiger partial charge on any atom is -0.508 e. The van der Waals surface area contributed by atoms with Gasteiger partial charge >= 0.3 is 0 Å². The minimum absolute atomic E-state index is 0.0382. The van der Waals surface area contributed by atoms with Gasteiger partial charge in [-0.3, -0.25) is 0 Å². The normalized spacial score (nSPS) is 37.5. The Morgan fingerprint density at radius 1 is 1.20 bits per heavy atom. The molecule has 106 valence electrons. The first-order chi connectivity index (χ1) is 9.65. The summed E-state index contributed by atoms with van der Waals surface area (Å²) in [4.78, 5) is 0. The van der Waals surface area contributed by atoms with Crippen molar-refractivity contribution in [3.63, 3.8) is 0 Å². The topological polar surface area (TPSA) is 65.5 Å². The van der Waals surface area contributed by atoms with Crippen molar-refractivity contribution in [3.05, 3.63) is 35.4 Å². The van der Waals surface area contributed by atoms with Gasteiger partial charge in [0.05, 0.1) is 31.0 Å². The molecule has 0 spiro atoms. The van der Waals surface area contributed by atoms with Crippen LogP contribution in [0.4, 0.5) is 0 Å². The molecule has 1 aromatic carbocycles. The molecule has 4 nitrogen and oxygen atoms in total. The molecule has 2 fully saturated rings. The highest BCUT2D eigenvalue weighted by Crippen LogP contribution is 2.46. The minimum atomic E-state index is -0.926. The van der Waals surface area contributed by atoms with Crippen LogP contribution < -0.4 is 0 Å². The van der Waals surface area contributed by atoms with Gasteiger partial charge in [-0.2, -0.15) is 0 Å². The van der Waals surface area contributed by atoms with Crippen LogP contribution in [0.25, 0.3) is 6.08 Å². The Balaban J connectivity index is 1.72. The maximum Gasteiger partial charge on any atom is 0.116 e. The molecular formula is C16H18O4. The number of epoxide rings is 2. The van der Waals surface area contributed by atoms with Crippen LogP contribution >= 0.6 is 0 Å². The summed E-state index contributed by atoms with van der Waals surface area (Å²) in [5.41, 5.74) is 0.852. The second-order valence-electron chi connectivity index (χ2n) is 6.01. The summed E-state index contributed by atoms with van der Waals surface area (Å²) in [5, 5.41) is 20.9. The SMILES string of the molecule is Oc1ccc2c(c1)C=CC(CC1CO1)C2(O)CC1CO1. The standard InChI is InChI=1S/C16H18O4/c17-12-3-4-15-10(5-12)1-2-11(6-13-8-19-13)16(15,18)7-14-9-20-14/h1-5,11,13-14,17-18H,6-9H2. The maximum absolute atomic E-state index is 11.3. The van der Waals surface area contributed by atoms with E-state index in [0.29, 0.717) is 6.42 Å². The third-order valence-electron chi connectivity index (χ3n) is 4.48. The molecule has 20 heavy (non-hydrogen) atoms. The van der Waals surface area contributed by atoms with E-state index in [0.717, 1.165) is 30.8 Å². The van der Waals surface area contributed by atoms with Crippen LogP contribution in [-0.4, -0.2) is 35.6 Å². The summed E-state index contributed by atoms with van der Waals surface area (Å²) in [6.45, 7) is 1.52. The predicted molar refractivity (Wildman–Crippen MR) is 73.2 cm³/mol. The lowest BCUT2D eigenvalue weighted by Crippen LogP contribution is -2.38. The Kier molecular flexibility index (Phi) is 2.67. The molecule has 1 aromatic rings. The van der Waals surface area contributed by atoms with Crippen molar-refractivity contribution in [2.24, 2.45) is 5.92 Å². The lowest BCUT2D eigenvalue weighted by Gasteiger charge is -2.38. The molecule has 0 aromatic heterocycles. The monoisotopic (exact) mass is 274 g/mol. The summed E-state index contributed by atoms with van der Waals surface area (Å²) in [6, 6.07) is 5.17. The number of benzene rings is 1. The molecule has 2 saturated heterocycles. The number of fused-ring (bicyclic) bond motifs is 1. The van der Waals surface area contributed by atoms with Crippen molar-refractivity contribution in [2.45, 2.75) is 30.7 Å². The Morgan fingerprint density at radius 2 is 1.95 bits per heavy atom. The van der Waals surface area contributed by atoms with E-state index in [-0.39, 0.29) is 23.9 Å². The Morgan fingerprint density at radius 3 is 2.65 bits per heavy atom. The summed E-state index contributed by atoms with van der Waals surface area (Å²) in [6.07, 6.45) is 5.90. The summed E-state index contributed by atoms with van der Waals surface area (Å²) in [5.74, 6) is 0.263. The van der Waals surface area contributed by atoms with Crippen LogP contribution in [0.15, 0.2) is 24.3 Å². The molecule has 0 saturated carbocycles. The lowest BCUT2D eigenvalue weighted by atomic mass is 9.71. The summed E-state index contributed by atoms with van der Waals surface area (Å²) >= 11 is 0. The number of hydrogen-bond acceptors (Lipinski definition) is 4. The van der Waals surface area contributed by atoms with Gasteiger partial charge < -0.3 is 19.7 Å².